The molecule has 8 heteroatoms. The average molecular weight is 306 g/mol. The fraction of sp³-hybridized carbons (Fsp3) is 0.385. The molecule has 1 fully saturated rings. The van der Waals surface area contributed by atoms with Crippen molar-refractivity contribution in [3.8, 4) is 11.6 Å². The smallest absolute Gasteiger partial charge is 0.313 e. The van der Waals surface area contributed by atoms with Crippen LogP contribution in [0.15, 0.2) is 23.5 Å². The molecule has 2 aromatic heterocycles. The molecule has 0 unspecified atom stereocenters. The predicted molar refractivity (Wildman–Crippen MR) is 76.0 cm³/mol. The van der Waals surface area contributed by atoms with Crippen LogP contribution in [-0.4, -0.2) is 43.7 Å². The van der Waals surface area contributed by atoms with Crippen molar-refractivity contribution in [2.24, 2.45) is 0 Å². The molecule has 1 saturated carbocycles. The van der Waals surface area contributed by atoms with Crippen molar-refractivity contribution in [2.75, 3.05) is 12.9 Å². The van der Waals surface area contributed by atoms with E-state index in [1.807, 2.05) is 10.6 Å². The molecule has 2 heterocycles. The van der Waals surface area contributed by atoms with Crippen LogP contribution in [0.5, 0.6) is 5.88 Å². The fourth-order valence-electron chi connectivity index (χ4n) is 1.98. The van der Waals surface area contributed by atoms with Gasteiger partial charge in [-0.05, 0) is 18.9 Å². The van der Waals surface area contributed by atoms with Crippen molar-refractivity contribution in [1.82, 2.24) is 19.7 Å². The third-order valence-corrected chi connectivity index (χ3v) is 4.03. The fourth-order valence-corrected chi connectivity index (χ4v) is 2.65. The number of methoxy groups -OCH3 is 1. The molecule has 0 spiro atoms. The number of carboxylic acid groups (broad SMARTS) is 1. The number of pyridine rings is 1. The highest BCUT2D eigenvalue weighted by molar-refractivity contribution is 7.99. The molecule has 0 atom stereocenters. The molecule has 0 aromatic carbocycles. The third-order valence-electron chi connectivity index (χ3n) is 3.11. The minimum atomic E-state index is -0.879. The lowest BCUT2D eigenvalue weighted by atomic mass is 10.3. The first-order valence-corrected chi connectivity index (χ1v) is 7.48. The van der Waals surface area contributed by atoms with Gasteiger partial charge in [0.05, 0.1) is 24.7 Å². The molecule has 0 aliphatic heterocycles. The molecule has 7 nitrogen and oxygen atoms in total. The molecular weight excluding hydrogens is 292 g/mol. The van der Waals surface area contributed by atoms with E-state index in [1.165, 1.54) is 0 Å². The van der Waals surface area contributed by atoms with E-state index in [9.17, 15) is 4.79 Å². The molecule has 0 saturated heterocycles. The van der Waals surface area contributed by atoms with Gasteiger partial charge in [-0.3, -0.25) is 9.36 Å². The van der Waals surface area contributed by atoms with Gasteiger partial charge in [0, 0.05) is 12.0 Å². The number of thioether (sulfide) groups is 1. The number of rotatable bonds is 6. The maximum atomic E-state index is 10.7. The second kappa shape index (κ2) is 5.72. The minimum Gasteiger partial charge on any atom is -0.481 e. The van der Waals surface area contributed by atoms with Crippen molar-refractivity contribution in [2.45, 2.75) is 23.9 Å². The van der Waals surface area contributed by atoms with Crippen molar-refractivity contribution in [3.63, 3.8) is 0 Å². The second-order valence-electron chi connectivity index (χ2n) is 4.69. The van der Waals surface area contributed by atoms with Gasteiger partial charge in [-0.25, -0.2) is 4.98 Å². The molecule has 1 aliphatic carbocycles. The molecule has 3 rings (SSSR count). The van der Waals surface area contributed by atoms with Crippen molar-refractivity contribution >= 4 is 17.7 Å². The van der Waals surface area contributed by atoms with Crippen LogP contribution in [0.2, 0.25) is 0 Å². The van der Waals surface area contributed by atoms with Crippen LogP contribution >= 0.6 is 11.8 Å². The Balaban J connectivity index is 1.96. The molecule has 21 heavy (non-hydrogen) atoms. The quantitative estimate of drug-likeness (QED) is 0.813. The zero-order chi connectivity index (χ0) is 14.8. The Bertz CT molecular complexity index is 652. The van der Waals surface area contributed by atoms with Crippen LogP contribution in [-0.2, 0) is 4.79 Å². The monoisotopic (exact) mass is 306 g/mol. The largest absolute Gasteiger partial charge is 0.481 e. The van der Waals surface area contributed by atoms with Gasteiger partial charge in [0.15, 0.2) is 5.16 Å². The summed E-state index contributed by atoms with van der Waals surface area (Å²) in [6.45, 7) is 0. The molecule has 0 bridgehead atoms. The van der Waals surface area contributed by atoms with Crippen molar-refractivity contribution in [1.29, 1.82) is 0 Å². The molecular formula is C13H14N4O3S. The molecule has 2 aromatic rings. The first-order valence-electron chi connectivity index (χ1n) is 6.49. The summed E-state index contributed by atoms with van der Waals surface area (Å²) in [6.07, 6.45) is 3.86. The van der Waals surface area contributed by atoms with E-state index >= 15 is 0 Å². The number of hydrogen-bond acceptors (Lipinski definition) is 6. The first kappa shape index (κ1) is 13.9. The zero-order valence-corrected chi connectivity index (χ0v) is 12.2. The number of aromatic nitrogens is 4. The number of ether oxygens (including phenoxy) is 1. The van der Waals surface area contributed by atoms with Gasteiger partial charge in [-0.2, -0.15) is 0 Å². The minimum absolute atomic E-state index is 0.0492. The Kier molecular flexibility index (Phi) is 3.78. The zero-order valence-electron chi connectivity index (χ0n) is 11.4. The van der Waals surface area contributed by atoms with E-state index in [-0.39, 0.29) is 5.75 Å². The summed E-state index contributed by atoms with van der Waals surface area (Å²) < 4.78 is 6.94. The lowest BCUT2D eigenvalue weighted by Crippen LogP contribution is -2.05. The summed E-state index contributed by atoms with van der Waals surface area (Å²) in [5, 5.41) is 17.7. The summed E-state index contributed by atoms with van der Waals surface area (Å²) >= 11 is 1.16. The van der Waals surface area contributed by atoms with Gasteiger partial charge in [0.1, 0.15) is 5.82 Å². The maximum Gasteiger partial charge on any atom is 0.313 e. The Morgan fingerprint density at radius 1 is 1.48 bits per heavy atom. The number of nitrogens with zero attached hydrogens (tertiary/aromatic N) is 4. The van der Waals surface area contributed by atoms with Gasteiger partial charge >= 0.3 is 5.97 Å². The Labute approximate surface area is 125 Å². The van der Waals surface area contributed by atoms with E-state index in [2.05, 4.69) is 15.2 Å². The molecule has 0 radical (unpaired) electrons. The summed E-state index contributed by atoms with van der Waals surface area (Å²) in [5.74, 6) is 0.871. The average Bonchev–Trinajstić information content (AvgIpc) is 3.25. The van der Waals surface area contributed by atoms with E-state index in [1.54, 1.807) is 19.4 Å². The molecule has 110 valence electrons. The van der Waals surface area contributed by atoms with Crippen LogP contribution in [0.25, 0.3) is 5.69 Å². The van der Waals surface area contributed by atoms with Gasteiger partial charge < -0.3 is 9.84 Å². The molecule has 1 aliphatic rings. The maximum absolute atomic E-state index is 10.7. The SMILES string of the molecule is COc1ccc(-n2c(SCC(=O)O)nnc2C2CC2)cn1. The second-order valence-corrected chi connectivity index (χ2v) is 5.63. The Morgan fingerprint density at radius 3 is 2.86 bits per heavy atom. The topological polar surface area (TPSA) is 90.1 Å². The summed E-state index contributed by atoms with van der Waals surface area (Å²) in [4.78, 5) is 14.9. The van der Waals surface area contributed by atoms with E-state index in [0.29, 0.717) is 17.0 Å². The Hall–Kier alpha value is -2.09. The van der Waals surface area contributed by atoms with Gasteiger partial charge in [0.2, 0.25) is 5.88 Å². The van der Waals surface area contributed by atoms with Crippen LogP contribution in [0.4, 0.5) is 0 Å². The number of aliphatic carboxylic acids is 1. The highest BCUT2D eigenvalue weighted by Gasteiger charge is 2.31. The van der Waals surface area contributed by atoms with Crippen molar-refractivity contribution in [3.05, 3.63) is 24.2 Å². The van der Waals surface area contributed by atoms with Gasteiger partial charge in [-0.1, -0.05) is 11.8 Å². The van der Waals surface area contributed by atoms with Gasteiger partial charge in [0.25, 0.3) is 0 Å². The van der Waals surface area contributed by atoms with E-state index < -0.39 is 5.97 Å². The highest BCUT2D eigenvalue weighted by Crippen LogP contribution is 2.41. The number of hydrogen-bond donors (Lipinski definition) is 1. The van der Waals surface area contributed by atoms with Crippen molar-refractivity contribution < 1.29 is 14.6 Å². The summed E-state index contributed by atoms with van der Waals surface area (Å²) in [7, 11) is 1.56. The van der Waals surface area contributed by atoms with Crippen LogP contribution in [0, 0.1) is 0 Å². The van der Waals surface area contributed by atoms with E-state index in [0.717, 1.165) is 36.1 Å². The van der Waals surface area contributed by atoms with E-state index in [4.69, 9.17) is 9.84 Å². The third kappa shape index (κ3) is 2.99. The lowest BCUT2D eigenvalue weighted by molar-refractivity contribution is -0.133. The summed E-state index contributed by atoms with van der Waals surface area (Å²) in [5.41, 5.74) is 0.815. The van der Waals surface area contributed by atoms with Crippen LogP contribution in [0.3, 0.4) is 0 Å². The predicted octanol–water partition coefficient (Wildman–Crippen LogP) is 1.72. The number of carbonyl (C=O) groups is 1. The van der Waals surface area contributed by atoms with Gasteiger partial charge in [-0.15, -0.1) is 10.2 Å². The van der Waals surface area contributed by atoms with Crippen LogP contribution < -0.4 is 4.74 Å². The Morgan fingerprint density at radius 2 is 2.29 bits per heavy atom. The molecule has 0 amide bonds. The van der Waals surface area contributed by atoms with Crippen LogP contribution in [0.1, 0.15) is 24.6 Å². The normalized spacial score (nSPS) is 14.1. The number of carboxylic acids is 1. The standard InChI is InChI=1S/C13H14N4O3S/c1-20-10-5-4-9(6-14-10)17-12(8-2-3-8)15-16-13(17)21-7-11(18)19/h4-6,8H,2-3,7H2,1H3,(H,18,19). The first-order chi connectivity index (χ1) is 10.2. The summed E-state index contributed by atoms with van der Waals surface area (Å²) in [6, 6.07) is 3.63. The molecule has 1 N–H and O–H groups in total. The lowest BCUT2D eigenvalue weighted by Gasteiger charge is -2.09. The highest BCUT2D eigenvalue weighted by atomic mass is 32.2.